The fourth-order valence-corrected chi connectivity index (χ4v) is 1.82. The first kappa shape index (κ1) is 12.4. The highest BCUT2D eigenvalue weighted by atomic mass is 16.5. The lowest BCUT2D eigenvalue weighted by atomic mass is 10.1. The summed E-state index contributed by atoms with van der Waals surface area (Å²) in [7, 11) is 3.46. The predicted molar refractivity (Wildman–Crippen MR) is 68.9 cm³/mol. The summed E-state index contributed by atoms with van der Waals surface area (Å²) in [6, 6.07) is 5.44. The molecule has 2 N–H and O–H groups in total. The average Bonchev–Trinajstić information content (AvgIpc) is 2.74. The van der Waals surface area contributed by atoms with E-state index in [0.29, 0.717) is 11.5 Å². The maximum atomic E-state index is 5.97. The number of benzene rings is 1. The molecule has 0 unspecified atom stereocenters. The second-order valence-electron chi connectivity index (χ2n) is 4.11. The number of hydrogen-bond acceptors (Lipinski definition) is 4. The van der Waals surface area contributed by atoms with Crippen molar-refractivity contribution in [2.45, 2.75) is 13.0 Å². The van der Waals surface area contributed by atoms with E-state index < -0.39 is 0 Å². The van der Waals surface area contributed by atoms with Crippen LogP contribution >= 0.6 is 0 Å². The molecule has 5 nitrogen and oxygen atoms in total. The predicted octanol–water partition coefficient (Wildman–Crippen LogP) is 2.24. The molecule has 1 heterocycles. The average molecular weight is 247 g/mol. The Labute approximate surface area is 106 Å². The lowest BCUT2D eigenvalue weighted by Crippen LogP contribution is -2.08. The molecule has 0 spiro atoms. The highest BCUT2D eigenvalue weighted by Gasteiger charge is 2.15. The van der Waals surface area contributed by atoms with Gasteiger partial charge in [0, 0.05) is 13.1 Å². The Morgan fingerprint density at radius 2 is 2.06 bits per heavy atom. The highest BCUT2D eigenvalue weighted by molar-refractivity contribution is 5.48. The van der Waals surface area contributed by atoms with Crippen molar-refractivity contribution >= 4 is 0 Å². The van der Waals surface area contributed by atoms with E-state index in [2.05, 4.69) is 5.10 Å². The van der Waals surface area contributed by atoms with Gasteiger partial charge < -0.3 is 15.2 Å². The number of ether oxygens (including phenoxy) is 2. The second kappa shape index (κ2) is 5.10. The summed E-state index contributed by atoms with van der Waals surface area (Å²) < 4.78 is 12.8. The molecule has 1 aromatic heterocycles. The molecule has 0 radical (unpaired) electrons. The van der Waals surface area contributed by atoms with Crippen molar-refractivity contribution in [1.82, 2.24) is 9.78 Å². The van der Waals surface area contributed by atoms with Crippen LogP contribution in [0.4, 0.5) is 0 Å². The number of methoxy groups -OCH3 is 1. The van der Waals surface area contributed by atoms with Gasteiger partial charge in [0.05, 0.1) is 25.1 Å². The van der Waals surface area contributed by atoms with Crippen molar-refractivity contribution in [2.24, 2.45) is 12.8 Å². The minimum absolute atomic E-state index is 0.173. The molecule has 1 atom stereocenters. The Kier molecular flexibility index (Phi) is 3.53. The van der Waals surface area contributed by atoms with Crippen molar-refractivity contribution in [3.8, 4) is 17.2 Å². The van der Waals surface area contributed by atoms with Crippen LogP contribution in [-0.2, 0) is 7.05 Å². The summed E-state index contributed by atoms with van der Waals surface area (Å²) in [5, 5.41) is 4.06. The monoisotopic (exact) mass is 247 g/mol. The SMILES string of the molecule is COc1cccc(Oc2cnn(C)c2)c1[C@@H](C)N. The van der Waals surface area contributed by atoms with Crippen LogP contribution in [0.3, 0.4) is 0 Å². The van der Waals surface area contributed by atoms with Gasteiger partial charge in [0.1, 0.15) is 11.5 Å². The van der Waals surface area contributed by atoms with Gasteiger partial charge in [-0.1, -0.05) is 6.07 Å². The van der Waals surface area contributed by atoms with E-state index in [1.165, 1.54) is 0 Å². The van der Waals surface area contributed by atoms with Crippen molar-refractivity contribution < 1.29 is 9.47 Å². The number of aromatic nitrogens is 2. The van der Waals surface area contributed by atoms with Crippen molar-refractivity contribution in [3.63, 3.8) is 0 Å². The number of nitrogens with two attached hydrogens (primary N) is 1. The highest BCUT2D eigenvalue weighted by Crippen LogP contribution is 2.35. The van der Waals surface area contributed by atoms with Gasteiger partial charge in [0.15, 0.2) is 5.75 Å². The maximum Gasteiger partial charge on any atom is 0.165 e. The van der Waals surface area contributed by atoms with Crippen LogP contribution < -0.4 is 15.2 Å². The Balaban J connectivity index is 2.37. The molecule has 0 aliphatic rings. The zero-order valence-corrected chi connectivity index (χ0v) is 10.8. The summed E-state index contributed by atoms with van der Waals surface area (Å²) >= 11 is 0. The summed E-state index contributed by atoms with van der Waals surface area (Å²) in [4.78, 5) is 0. The Hall–Kier alpha value is -2.01. The van der Waals surface area contributed by atoms with Crippen molar-refractivity contribution in [2.75, 3.05) is 7.11 Å². The standard InChI is InChI=1S/C13H17N3O2/c1-9(14)13-11(17-3)5-4-6-12(13)18-10-7-15-16(2)8-10/h4-9H,14H2,1-3H3/t9-/m1/s1. The minimum atomic E-state index is -0.173. The van der Waals surface area contributed by atoms with E-state index >= 15 is 0 Å². The number of hydrogen-bond donors (Lipinski definition) is 1. The van der Waals surface area contributed by atoms with E-state index in [-0.39, 0.29) is 6.04 Å². The third-order valence-corrected chi connectivity index (χ3v) is 2.61. The van der Waals surface area contributed by atoms with Gasteiger partial charge >= 0.3 is 0 Å². The second-order valence-corrected chi connectivity index (χ2v) is 4.11. The summed E-state index contributed by atoms with van der Waals surface area (Å²) in [5.41, 5.74) is 6.82. The summed E-state index contributed by atoms with van der Waals surface area (Å²) in [5.74, 6) is 2.09. The normalized spacial score (nSPS) is 12.2. The van der Waals surface area contributed by atoms with E-state index in [1.807, 2.05) is 32.2 Å². The first-order valence-corrected chi connectivity index (χ1v) is 5.70. The Morgan fingerprint density at radius 1 is 1.33 bits per heavy atom. The first-order chi connectivity index (χ1) is 8.61. The number of nitrogens with zero attached hydrogens (tertiary/aromatic N) is 2. The lowest BCUT2D eigenvalue weighted by molar-refractivity contribution is 0.397. The van der Waals surface area contributed by atoms with Gasteiger partial charge in [0.2, 0.25) is 0 Å². The number of aryl methyl sites for hydroxylation is 1. The molecule has 0 fully saturated rings. The molecule has 18 heavy (non-hydrogen) atoms. The van der Waals surface area contributed by atoms with Crippen molar-refractivity contribution in [3.05, 3.63) is 36.2 Å². The van der Waals surface area contributed by atoms with Gasteiger partial charge in [-0.3, -0.25) is 4.68 Å². The summed E-state index contributed by atoms with van der Waals surface area (Å²) in [6.45, 7) is 1.90. The molecule has 96 valence electrons. The van der Waals surface area contributed by atoms with Crippen LogP contribution in [0.1, 0.15) is 18.5 Å². The van der Waals surface area contributed by atoms with Gasteiger partial charge in [-0.05, 0) is 19.1 Å². The fourth-order valence-electron chi connectivity index (χ4n) is 1.82. The molecule has 1 aromatic carbocycles. The van der Waals surface area contributed by atoms with Gasteiger partial charge in [-0.2, -0.15) is 5.10 Å². The zero-order valence-electron chi connectivity index (χ0n) is 10.8. The third kappa shape index (κ3) is 2.46. The molecular weight excluding hydrogens is 230 g/mol. The van der Waals surface area contributed by atoms with Gasteiger partial charge in [-0.15, -0.1) is 0 Å². The van der Waals surface area contributed by atoms with Crippen LogP contribution in [0, 0.1) is 0 Å². The van der Waals surface area contributed by atoms with Crippen molar-refractivity contribution in [1.29, 1.82) is 0 Å². The molecule has 2 rings (SSSR count). The fraction of sp³-hybridized carbons (Fsp3) is 0.308. The van der Waals surface area contributed by atoms with Crippen LogP contribution in [0.5, 0.6) is 17.2 Å². The zero-order chi connectivity index (χ0) is 13.1. The molecule has 0 bridgehead atoms. The largest absolute Gasteiger partial charge is 0.496 e. The molecule has 0 saturated heterocycles. The van der Waals surface area contributed by atoms with E-state index in [9.17, 15) is 0 Å². The van der Waals surface area contributed by atoms with E-state index in [1.54, 1.807) is 24.2 Å². The summed E-state index contributed by atoms with van der Waals surface area (Å²) in [6.07, 6.45) is 3.45. The van der Waals surface area contributed by atoms with Gasteiger partial charge in [-0.25, -0.2) is 0 Å². The Bertz CT molecular complexity index is 535. The molecule has 0 aliphatic carbocycles. The Morgan fingerprint density at radius 3 is 2.61 bits per heavy atom. The first-order valence-electron chi connectivity index (χ1n) is 5.70. The maximum absolute atomic E-state index is 5.97. The van der Waals surface area contributed by atoms with Gasteiger partial charge in [0.25, 0.3) is 0 Å². The van der Waals surface area contributed by atoms with E-state index in [0.717, 1.165) is 11.3 Å². The van der Waals surface area contributed by atoms with Crippen LogP contribution in [0.25, 0.3) is 0 Å². The molecule has 5 heteroatoms. The van der Waals surface area contributed by atoms with Crippen LogP contribution in [0.15, 0.2) is 30.6 Å². The molecule has 2 aromatic rings. The molecular formula is C13H17N3O2. The lowest BCUT2D eigenvalue weighted by Gasteiger charge is -2.16. The van der Waals surface area contributed by atoms with Crippen LogP contribution in [0.2, 0.25) is 0 Å². The van der Waals surface area contributed by atoms with E-state index in [4.69, 9.17) is 15.2 Å². The molecule has 0 saturated carbocycles. The molecule has 0 amide bonds. The molecule has 0 aliphatic heterocycles. The quantitative estimate of drug-likeness (QED) is 0.900. The third-order valence-electron chi connectivity index (χ3n) is 2.61. The number of rotatable bonds is 4. The smallest absolute Gasteiger partial charge is 0.165 e. The minimum Gasteiger partial charge on any atom is -0.496 e. The van der Waals surface area contributed by atoms with Crippen LogP contribution in [-0.4, -0.2) is 16.9 Å². The topological polar surface area (TPSA) is 62.3 Å².